The number of nitrogens with zero attached hydrogens (tertiary/aromatic N) is 1. The predicted molar refractivity (Wildman–Crippen MR) is 44.6 cm³/mol. The molecule has 0 amide bonds. The third-order valence-corrected chi connectivity index (χ3v) is 1.49. The van der Waals surface area contributed by atoms with Crippen molar-refractivity contribution in [2.45, 2.75) is 0 Å². The number of hydrogen-bond donors (Lipinski definition) is 0. The summed E-state index contributed by atoms with van der Waals surface area (Å²) in [6.45, 7) is 0. The third-order valence-electron chi connectivity index (χ3n) is 1.23. The monoisotopic (exact) mass is 215 g/mol. The van der Waals surface area contributed by atoms with Gasteiger partial charge in [-0.3, -0.25) is 0 Å². The second-order valence-corrected chi connectivity index (χ2v) is 2.21. The molecule has 62 valence electrons. The Morgan fingerprint density at radius 1 is 1.27 bits per heavy atom. The Bertz CT molecular complexity index is 223. The molecular weight excluding hydrogens is 209 g/mol. The molecule has 1 rings (SSSR count). The van der Waals surface area contributed by atoms with Gasteiger partial charge in [0.05, 0.1) is 0 Å². The van der Waals surface area contributed by atoms with Crippen molar-refractivity contribution in [3.8, 4) is 0 Å². The largest absolute Gasteiger partial charge is 1.00 e. The predicted octanol–water partition coefficient (Wildman–Crippen LogP) is 2.28. The van der Waals surface area contributed by atoms with Crippen LogP contribution in [0.5, 0.6) is 0 Å². The molecule has 1 aromatic carbocycles. The number of hydrogen-bond acceptors (Lipinski definition) is 0. The van der Waals surface area contributed by atoms with Crippen molar-refractivity contribution in [2.24, 2.45) is 0 Å². The minimum Gasteiger partial charge on any atom is -0.806 e. The topological polar surface area (TPSA) is 22.3 Å². The Hall–Kier alpha value is -0.301. The molecule has 1 aromatic rings. The van der Waals surface area contributed by atoms with Gasteiger partial charge in [0.15, 0.2) is 0 Å². The molecule has 0 aliphatic carbocycles. The summed E-state index contributed by atoms with van der Waals surface area (Å²) in [4.78, 5) is 0. The molecule has 11 heavy (non-hydrogen) atoms. The molecule has 0 heterocycles. The first-order chi connectivity index (χ1) is 4.84. The van der Waals surface area contributed by atoms with E-state index in [2.05, 4.69) is 0 Å². The number of benzene rings is 1. The average Bonchev–Trinajstić information content (AvgIpc) is 2.05. The molecule has 0 aliphatic heterocycles. The maximum Gasteiger partial charge on any atom is 1.00 e. The summed E-state index contributed by atoms with van der Waals surface area (Å²) in [5.74, 6) is 0.171. The fourth-order valence-corrected chi connectivity index (χ4v) is 0.862. The van der Waals surface area contributed by atoms with Gasteiger partial charge >= 0.3 is 17.1 Å². The van der Waals surface area contributed by atoms with E-state index in [-0.39, 0.29) is 28.7 Å². The fraction of sp³-hybridized carbons (Fsp3) is 0.125. The van der Waals surface area contributed by atoms with Gasteiger partial charge in [-0.15, -0.1) is 11.6 Å². The Morgan fingerprint density at radius 3 is 2.27 bits per heavy atom. The van der Waals surface area contributed by atoms with E-state index in [4.69, 9.17) is 17.0 Å². The van der Waals surface area contributed by atoms with Crippen LogP contribution in [0.25, 0.3) is 5.41 Å². The second-order valence-electron chi connectivity index (χ2n) is 1.95. The van der Waals surface area contributed by atoms with E-state index in [1.54, 1.807) is 0 Å². The van der Waals surface area contributed by atoms with Crippen LogP contribution in [0.4, 0.5) is 0 Å². The van der Waals surface area contributed by atoms with E-state index in [0.29, 0.717) is 0 Å². The zero-order valence-electron chi connectivity index (χ0n) is 5.72. The first-order valence-electron chi connectivity index (χ1n) is 3.01. The summed E-state index contributed by atoms with van der Waals surface area (Å²) in [5, 5.41) is 9.11. The van der Waals surface area contributed by atoms with Crippen LogP contribution in [0.15, 0.2) is 30.3 Å². The summed E-state index contributed by atoms with van der Waals surface area (Å²) in [6.07, 6.45) is 0. The Labute approximate surface area is 81.7 Å². The van der Waals surface area contributed by atoms with Gasteiger partial charge in [-0.05, 0) is 5.56 Å². The third kappa shape index (κ3) is 3.06. The molecule has 0 aliphatic rings. The normalized spacial score (nSPS) is 8.45. The summed E-state index contributed by atoms with van der Waals surface area (Å²) in [5.41, 5.74) is 1.01. The Kier molecular flexibility index (Phi) is 5.22. The van der Waals surface area contributed by atoms with Gasteiger partial charge in [0, 0.05) is 5.88 Å². The molecule has 0 spiro atoms. The molecule has 0 aromatic heterocycles. The molecule has 0 bridgehead atoms. The molecule has 0 saturated heterocycles. The molecule has 1 nitrogen and oxygen atoms in total. The molecule has 0 fully saturated rings. The van der Waals surface area contributed by atoms with Gasteiger partial charge in [0.2, 0.25) is 0 Å². The van der Waals surface area contributed by atoms with Gasteiger partial charge in [-0.25, -0.2) is 0 Å². The van der Waals surface area contributed by atoms with E-state index >= 15 is 0 Å². The van der Waals surface area contributed by atoms with E-state index in [1.165, 1.54) is 0 Å². The van der Waals surface area contributed by atoms with Crippen LogP contribution in [0.2, 0.25) is 0 Å². The fourth-order valence-electron chi connectivity index (χ4n) is 0.708. The van der Waals surface area contributed by atoms with Crippen LogP contribution in [-0.4, -0.2) is 11.6 Å². The minimum atomic E-state index is 0. The second kappa shape index (κ2) is 5.36. The first-order valence-corrected chi connectivity index (χ1v) is 3.54. The van der Waals surface area contributed by atoms with E-state index in [0.717, 1.165) is 5.56 Å². The van der Waals surface area contributed by atoms with Gasteiger partial charge in [0.1, 0.15) is 0 Å². The van der Waals surface area contributed by atoms with Gasteiger partial charge in [-0.1, -0.05) is 30.3 Å². The summed E-state index contributed by atoms with van der Waals surface area (Å²) >= 11 is 5.40. The van der Waals surface area contributed by atoms with Crippen LogP contribution < -0.4 is 0 Å². The van der Waals surface area contributed by atoms with Crippen LogP contribution in [0.1, 0.15) is 5.56 Å². The zero-order chi connectivity index (χ0) is 7.40. The minimum absolute atomic E-state index is 0. The number of halogens is 1. The van der Waals surface area contributed by atoms with Crippen molar-refractivity contribution < 1.29 is 17.1 Å². The zero-order valence-corrected chi connectivity index (χ0v) is 7.42. The van der Waals surface area contributed by atoms with Crippen LogP contribution >= 0.6 is 11.6 Å². The van der Waals surface area contributed by atoms with E-state index < -0.39 is 0 Å². The van der Waals surface area contributed by atoms with Crippen molar-refractivity contribution >= 4 is 17.3 Å². The van der Waals surface area contributed by atoms with Crippen LogP contribution in [0, 0.1) is 0 Å². The average molecular weight is 216 g/mol. The standard InChI is InChI=1S/C8H7ClN.Cu/c9-6-8(10)7-4-2-1-3-5-7;/h1-5H,6H2;/q-1;+1. The van der Waals surface area contributed by atoms with Gasteiger partial charge in [-0.2, -0.15) is 5.71 Å². The van der Waals surface area contributed by atoms with E-state index in [1.807, 2.05) is 30.3 Å². The van der Waals surface area contributed by atoms with Crippen molar-refractivity contribution in [2.75, 3.05) is 5.88 Å². The smallest absolute Gasteiger partial charge is 0.806 e. The Balaban J connectivity index is 0.000001000. The van der Waals surface area contributed by atoms with Crippen molar-refractivity contribution in [1.82, 2.24) is 0 Å². The van der Waals surface area contributed by atoms with Gasteiger partial charge < -0.3 is 5.41 Å². The molecule has 0 unspecified atom stereocenters. The molecular formula is C8H7ClCuN. The number of alkyl halides is 1. The molecule has 3 heteroatoms. The molecule has 0 saturated carbocycles. The summed E-state index contributed by atoms with van der Waals surface area (Å²) in [7, 11) is 0. The van der Waals surface area contributed by atoms with Crippen molar-refractivity contribution in [1.29, 1.82) is 0 Å². The maximum atomic E-state index is 9.11. The maximum absolute atomic E-state index is 9.11. The Morgan fingerprint density at radius 2 is 1.82 bits per heavy atom. The van der Waals surface area contributed by atoms with Crippen molar-refractivity contribution in [3.63, 3.8) is 0 Å². The summed E-state index contributed by atoms with van der Waals surface area (Å²) < 4.78 is 0. The molecule has 0 N–H and O–H groups in total. The van der Waals surface area contributed by atoms with Crippen molar-refractivity contribution in [3.05, 3.63) is 41.3 Å². The van der Waals surface area contributed by atoms with Gasteiger partial charge in [0.25, 0.3) is 0 Å². The molecule has 0 atom stereocenters. The SMILES string of the molecule is [Cu+].[N-]=C(CCl)c1ccccc1. The number of rotatable bonds is 2. The van der Waals surface area contributed by atoms with E-state index in [9.17, 15) is 0 Å². The summed E-state index contributed by atoms with van der Waals surface area (Å²) in [6, 6.07) is 9.25. The quantitative estimate of drug-likeness (QED) is 0.411. The molecule has 0 radical (unpaired) electrons. The van der Waals surface area contributed by atoms with Crippen LogP contribution in [-0.2, 0) is 17.1 Å². The van der Waals surface area contributed by atoms with Crippen LogP contribution in [0.3, 0.4) is 0 Å². The first kappa shape index (κ1) is 10.7.